The Morgan fingerprint density at radius 2 is 2.07 bits per heavy atom. The molecule has 1 heterocycles. The second kappa shape index (κ2) is 14.5. The lowest BCUT2D eigenvalue weighted by molar-refractivity contribution is 0.0536. The molecule has 0 aromatic heterocycles. The van der Waals surface area contributed by atoms with E-state index in [4.69, 9.17) is 9.47 Å². The van der Waals surface area contributed by atoms with Gasteiger partial charge in [-0.15, -0.1) is 24.0 Å². The fraction of sp³-hybridized carbons (Fsp3) is 0.650. The normalized spacial score (nSPS) is 17.1. The number of hydrogen-bond donors (Lipinski definition) is 1. The summed E-state index contributed by atoms with van der Waals surface area (Å²) in [6.07, 6.45) is 1.16. The molecule has 1 unspecified atom stereocenters. The predicted molar refractivity (Wildman–Crippen MR) is 126 cm³/mol. The van der Waals surface area contributed by atoms with Crippen LogP contribution in [0.4, 0.5) is 0 Å². The van der Waals surface area contributed by atoms with Crippen molar-refractivity contribution in [3.8, 4) is 0 Å². The average Bonchev–Trinajstić information content (AvgIpc) is 3.12. The molecule has 1 aromatic carbocycles. The fourth-order valence-corrected chi connectivity index (χ4v) is 3.81. The Hall–Kier alpha value is -0.510. The molecule has 5 nitrogen and oxygen atoms in total. The second-order valence-corrected chi connectivity index (χ2v) is 7.79. The van der Waals surface area contributed by atoms with Crippen molar-refractivity contribution in [1.29, 1.82) is 0 Å². The maximum atomic E-state index is 5.67. The molecule has 1 saturated heterocycles. The molecule has 1 aliphatic rings. The van der Waals surface area contributed by atoms with Gasteiger partial charge in [-0.05, 0) is 18.9 Å². The van der Waals surface area contributed by atoms with Crippen LogP contribution in [0.5, 0.6) is 0 Å². The van der Waals surface area contributed by atoms with Crippen LogP contribution in [0.3, 0.4) is 0 Å². The number of methoxy groups -OCH3 is 1. The fourth-order valence-electron chi connectivity index (χ4n) is 2.99. The minimum atomic E-state index is 0. The minimum absolute atomic E-state index is 0. The Balaban J connectivity index is 0.00000364. The highest BCUT2D eigenvalue weighted by atomic mass is 127. The van der Waals surface area contributed by atoms with Gasteiger partial charge in [-0.1, -0.05) is 29.8 Å². The molecule has 1 aromatic rings. The first-order valence-electron chi connectivity index (χ1n) is 9.38. The third-order valence-electron chi connectivity index (χ3n) is 4.50. The van der Waals surface area contributed by atoms with Gasteiger partial charge in [-0.3, -0.25) is 4.99 Å². The van der Waals surface area contributed by atoms with Crippen molar-refractivity contribution >= 4 is 41.7 Å². The van der Waals surface area contributed by atoms with E-state index in [1.54, 1.807) is 7.11 Å². The SMILES string of the molecule is CN=C(NCCSCc1ccc(C)cc1)N1CCC(COCCOC)C1.I. The van der Waals surface area contributed by atoms with Crippen LogP contribution in [0.1, 0.15) is 17.5 Å². The van der Waals surface area contributed by atoms with E-state index in [-0.39, 0.29) is 24.0 Å². The van der Waals surface area contributed by atoms with Crippen LogP contribution < -0.4 is 5.32 Å². The number of nitrogens with zero attached hydrogens (tertiary/aromatic N) is 2. The van der Waals surface area contributed by atoms with E-state index >= 15 is 0 Å². The zero-order valence-electron chi connectivity index (χ0n) is 16.8. The van der Waals surface area contributed by atoms with Crippen molar-refractivity contribution in [1.82, 2.24) is 10.2 Å². The first-order chi connectivity index (χ1) is 12.7. The lowest BCUT2D eigenvalue weighted by Crippen LogP contribution is -2.41. The Kier molecular flexibility index (Phi) is 13.2. The van der Waals surface area contributed by atoms with Crippen molar-refractivity contribution in [2.45, 2.75) is 19.1 Å². The molecular formula is C20H34IN3O2S. The van der Waals surface area contributed by atoms with Crippen molar-refractivity contribution in [2.75, 3.05) is 59.4 Å². The van der Waals surface area contributed by atoms with Gasteiger partial charge in [0.15, 0.2) is 5.96 Å². The number of likely N-dealkylation sites (tertiary alicyclic amines) is 1. The third-order valence-corrected chi connectivity index (χ3v) is 5.53. The van der Waals surface area contributed by atoms with Crippen molar-refractivity contribution in [3.63, 3.8) is 0 Å². The first kappa shape index (κ1) is 24.5. The molecule has 1 aliphatic heterocycles. The van der Waals surface area contributed by atoms with Gasteiger partial charge in [-0.25, -0.2) is 0 Å². The molecule has 1 N–H and O–H groups in total. The first-order valence-corrected chi connectivity index (χ1v) is 10.5. The number of ether oxygens (including phenoxy) is 2. The molecule has 0 aliphatic carbocycles. The number of thioether (sulfide) groups is 1. The zero-order chi connectivity index (χ0) is 18.6. The van der Waals surface area contributed by atoms with Crippen molar-refractivity contribution in [3.05, 3.63) is 35.4 Å². The molecule has 0 spiro atoms. The third kappa shape index (κ3) is 9.49. The lowest BCUT2D eigenvalue weighted by Gasteiger charge is -2.21. The quantitative estimate of drug-likeness (QED) is 0.228. The van der Waals surface area contributed by atoms with Crippen LogP contribution in [0.25, 0.3) is 0 Å². The molecule has 1 fully saturated rings. The molecule has 0 radical (unpaired) electrons. The van der Waals surface area contributed by atoms with Crippen LogP contribution in [0.15, 0.2) is 29.3 Å². The Bertz CT molecular complexity index is 543. The highest BCUT2D eigenvalue weighted by molar-refractivity contribution is 14.0. The molecule has 154 valence electrons. The number of hydrogen-bond acceptors (Lipinski definition) is 4. The molecule has 0 saturated carbocycles. The molecule has 27 heavy (non-hydrogen) atoms. The van der Waals surface area contributed by atoms with E-state index in [0.29, 0.717) is 19.1 Å². The maximum absolute atomic E-state index is 5.67. The maximum Gasteiger partial charge on any atom is 0.193 e. The summed E-state index contributed by atoms with van der Waals surface area (Å²) in [5, 5.41) is 3.50. The molecule has 1 atom stereocenters. The Morgan fingerprint density at radius 1 is 1.30 bits per heavy atom. The predicted octanol–water partition coefficient (Wildman–Crippen LogP) is 3.41. The molecule has 7 heteroatoms. The monoisotopic (exact) mass is 507 g/mol. The molecule has 2 rings (SSSR count). The summed E-state index contributed by atoms with van der Waals surface area (Å²) >= 11 is 1.96. The van der Waals surface area contributed by atoms with Crippen molar-refractivity contribution in [2.24, 2.45) is 10.9 Å². The summed E-state index contributed by atoms with van der Waals surface area (Å²) < 4.78 is 10.7. The largest absolute Gasteiger partial charge is 0.382 e. The van der Waals surface area contributed by atoms with Gasteiger partial charge < -0.3 is 19.7 Å². The van der Waals surface area contributed by atoms with Gasteiger partial charge in [0.2, 0.25) is 0 Å². The Labute approximate surface area is 185 Å². The number of halogens is 1. The second-order valence-electron chi connectivity index (χ2n) is 6.68. The van der Waals surface area contributed by atoms with Crippen LogP contribution in [0.2, 0.25) is 0 Å². The lowest BCUT2D eigenvalue weighted by atomic mass is 10.1. The number of guanidine groups is 1. The van der Waals surface area contributed by atoms with E-state index in [9.17, 15) is 0 Å². The average molecular weight is 507 g/mol. The molecule has 0 bridgehead atoms. The summed E-state index contributed by atoms with van der Waals surface area (Å²) in [6, 6.07) is 8.79. The van der Waals surface area contributed by atoms with Crippen LogP contribution in [-0.2, 0) is 15.2 Å². The van der Waals surface area contributed by atoms with E-state index < -0.39 is 0 Å². The van der Waals surface area contributed by atoms with Gasteiger partial charge in [0.05, 0.1) is 19.8 Å². The molecule has 0 amide bonds. The summed E-state index contributed by atoms with van der Waals surface area (Å²) in [6.45, 7) is 7.29. The van der Waals surface area contributed by atoms with Gasteiger partial charge >= 0.3 is 0 Å². The van der Waals surface area contributed by atoms with Gasteiger partial charge in [-0.2, -0.15) is 11.8 Å². The highest BCUT2D eigenvalue weighted by Gasteiger charge is 2.24. The summed E-state index contributed by atoms with van der Waals surface area (Å²) in [7, 11) is 3.57. The van der Waals surface area contributed by atoms with E-state index in [1.165, 1.54) is 11.1 Å². The topological polar surface area (TPSA) is 46.1 Å². The van der Waals surface area contributed by atoms with Crippen LogP contribution >= 0.6 is 35.7 Å². The van der Waals surface area contributed by atoms with Crippen molar-refractivity contribution < 1.29 is 9.47 Å². The van der Waals surface area contributed by atoms with E-state index in [1.807, 2.05) is 18.8 Å². The minimum Gasteiger partial charge on any atom is -0.382 e. The standard InChI is InChI=1S/C20H33N3O2S.HI/c1-17-4-6-18(7-5-17)16-26-13-9-22-20(21-2)23-10-8-19(14-23)15-25-12-11-24-3;/h4-7,19H,8-16H2,1-3H3,(H,21,22);1H. The van der Waals surface area contributed by atoms with Gasteiger partial charge in [0, 0.05) is 51.2 Å². The number of benzene rings is 1. The van der Waals surface area contributed by atoms with Crippen LogP contribution in [-0.4, -0.2) is 70.2 Å². The van der Waals surface area contributed by atoms with Gasteiger partial charge in [0.25, 0.3) is 0 Å². The number of aliphatic imine (C=N–C) groups is 1. The van der Waals surface area contributed by atoms with E-state index in [2.05, 4.69) is 46.4 Å². The Morgan fingerprint density at radius 3 is 2.78 bits per heavy atom. The summed E-state index contributed by atoms with van der Waals surface area (Å²) in [5.41, 5.74) is 2.71. The summed E-state index contributed by atoms with van der Waals surface area (Å²) in [5.74, 6) is 3.73. The zero-order valence-corrected chi connectivity index (χ0v) is 19.9. The smallest absolute Gasteiger partial charge is 0.193 e. The van der Waals surface area contributed by atoms with Crippen LogP contribution in [0, 0.1) is 12.8 Å². The van der Waals surface area contributed by atoms with E-state index in [0.717, 1.165) is 50.1 Å². The number of rotatable bonds is 10. The molecular weight excluding hydrogens is 473 g/mol. The summed E-state index contributed by atoms with van der Waals surface area (Å²) in [4.78, 5) is 6.78. The van der Waals surface area contributed by atoms with Gasteiger partial charge in [0.1, 0.15) is 0 Å². The number of nitrogens with one attached hydrogen (secondary N) is 1. The highest BCUT2D eigenvalue weighted by Crippen LogP contribution is 2.17. The number of aryl methyl sites for hydroxylation is 1.